The van der Waals surface area contributed by atoms with E-state index in [0.717, 1.165) is 5.56 Å². The monoisotopic (exact) mass is 287 g/mol. The van der Waals surface area contributed by atoms with Crippen molar-refractivity contribution < 1.29 is 14.3 Å². The lowest BCUT2D eigenvalue weighted by Crippen LogP contribution is -2.28. The number of carbonyl (C=O) groups is 1. The third-order valence-electron chi connectivity index (χ3n) is 2.84. The minimum atomic E-state index is -0.293. The Kier molecular flexibility index (Phi) is 4.98. The Labute approximate surface area is 123 Å². The molecule has 0 spiro atoms. The minimum absolute atomic E-state index is 0.293. The molecule has 2 rings (SSSR count). The average molecular weight is 287 g/mol. The van der Waals surface area contributed by atoms with Crippen molar-refractivity contribution in [3.63, 3.8) is 0 Å². The summed E-state index contributed by atoms with van der Waals surface area (Å²) in [5.74, 6) is 1.17. The van der Waals surface area contributed by atoms with Gasteiger partial charge in [0.15, 0.2) is 11.5 Å². The predicted molar refractivity (Wildman–Crippen MR) is 79.6 cm³/mol. The molecular weight excluding hydrogens is 270 g/mol. The maximum Gasteiger partial charge on any atom is 0.319 e. The molecule has 110 valence electrons. The van der Waals surface area contributed by atoms with Gasteiger partial charge in [-0.05, 0) is 29.8 Å². The molecule has 2 N–H and O–H groups in total. The molecular formula is C15H17N3O3. The Hall–Kier alpha value is -2.76. The SMILES string of the molecule is COc1ccc(NC(=O)NCc2ccncc2)cc1OC. The number of aromatic nitrogens is 1. The third-order valence-corrected chi connectivity index (χ3v) is 2.84. The minimum Gasteiger partial charge on any atom is -0.493 e. The van der Waals surface area contributed by atoms with Gasteiger partial charge in [-0.25, -0.2) is 4.79 Å². The average Bonchev–Trinajstić information content (AvgIpc) is 2.53. The molecule has 1 heterocycles. The molecule has 6 nitrogen and oxygen atoms in total. The van der Waals surface area contributed by atoms with Crippen LogP contribution in [0.15, 0.2) is 42.7 Å². The largest absolute Gasteiger partial charge is 0.493 e. The molecule has 2 aromatic rings. The topological polar surface area (TPSA) is 72.5 Å². The summed E-state index contributed by atoms with van der Waals surface area (Å²) >= 11 is 0. The Morgan fingerprint density at radius 2 is 1.81 bits per heavy atom. The highest BCUT2D eigenvalue weighted by Gasteiger charge is 2.07. The number of anilines is 1. The number of pyridine rings is 1. The third kappa shape index (κ3) is 4.10. The molecule has 0 aliphatic carbocycles. The first-order valence-corrected chi connectivity index (χ1v) is 6.38. The first-order chi connectivity index (χ1) is 10.2. The lowest BCUT2D eigenvalue weighted by Gasteiger charge is -2.11. The summed E-state index contributed by atoms with van der Waals surface area (Å²) in [6, 6.07) is 8.57. The lowest BCUT2D eigenvalue weighted by molar-refractivity contribution is 0.251. The van der Waals surface area contributed by atoms with Crippen molar-refractivity contribution in [1.82, 2.24) is 10.3 Å². The van der Waals surface area contributed by atoms with E-state index in [9.17, 15) is 4.79 Å². The predicted octanol–water partition coefficient (Wildman–Crippen LogP) is 2.42. The van der Waals surface area contributed by atoms with Gasteiger partial charge >= 0.3 is 6.03 Å². The Balaban J connectivity index is 1.93. The fourth-order valence-electron chi connectivity index (χ4n) is 1.77. The van der Waals surface area contributed by atoms with Crippen LogP contribution in [0, 0.1) is 0 Å². The van der Waals surface area contributed by atoms with Crippen molar-refractivity contribution in [1.29, 1.82) is 0 Å². The highest BCUT2D eigenvalue weighted by atomic mass is 16.5. The number of methoxy groups -OCH3 is 2. The number of ether oxygens (including phenoxy) is 2. The van der Waals surface area contributed by atoms with Gasteiger partial charge in [0, 0.05) is 30.7 Å². The molecule has 6 heteroatoms. The number of amides is 2. The van der Waals surface area contributed by atoms with Gasteiger partial charge < -0.3 is 20.1 Å². The number of carbonyl (C=O) groups excluding carboxylic acids is 1. The van der Waals surface area contributed by atoms with Crippen LogP contribution in [0.4, 0.5) is 10.5 Å². The molecule has 0 aliphatic rings. The number of benzene rings is 1. The van der Waals surface area contributed by atoms with Crippen LogP contribution in [0.1, 0.15) is 5.56 Å². The summed E-state index contributed by atoms with van der Waals surface area (Å²) in [4.78, 5) is 15.8. The molecule has 0 fully saturated rings. The summed E-state index contributed by atoms with van der Waals surface area (Å²) < 4.78 is 10.3. The van der Waals surface area contributed by atoms with E-state index >= 15 is 0 Å². The Bertz CT molecular complexity index is 602. The van der Waals surface area contributed by atoms with E-state index in [1.165, 1.54) is 0 Å². The quantitative estimate of drug-likeness (QED) is 0.886. The van der Waals surface area contributed by atoms with E-state index in [1.807, 2.05) is 12.1 Å². The highest BCUT2D eigenvalue weighted by molar-refractivity contribution is 5.89. The van der Waals surface area contributed by atoms with Crippen LogP contribution in [0.2, 0.25) is 0 Å². The van der Waals surface area contributed by atoms with Gasteiger partial charge in [-0.1, -0.05) is 0 Å². The molecule has 21 heavy (non-hydrogen) atoms. The molecule has 0 bridgehead atoms. The van der Waals surface area contributed by atoms with Crippen molar-refractivity contribution in [3.8, 4) is 11.5 Å². The van der Waals surface area contributed by atoms with E-state index in [1.54, 1.807) is 44.8 Å². The number of nitrogens with zero attached hydrogens (tertiary/aromatic N) is 1. The van der Waals surface area contributed by atoms with E-state index in [4.69, 9.17) is 9.47 Å². The summed E-state index contributed by atoms with van der Waals surface area (Å²) in [6.45, 7) is 0.432. The molecule has 0 saturated carbocycles. The van der Waals surface area contributed by atoms with Crippen LogP contribution in [-0.4, -0.2) is 25.2 Å². The van der Waals surface area contributed by atoms with Crippen molar-refractivity contribution in [2.45, 2.75) is 6.54 Å². The summed E-state index contributed by atoms with van der Waals surface area (Å²) in [6.07, 6.45) is 3.37. The normalized spacial score (nSPS) is 9.81. The van der Waals surface area contributed by atoms with E-state index in [-0.39, 0.29) is 6.03 Å². The smallest absolute Gasteiger partial charge is 0.319 e. The first kappa shape index (κ1) is 14.6. The standard InChI is InChI=1S/C15H17N3O3/c1-20-13-4-3-12(9-14(13)21-2)18-15(19)17-10-11-5-7-16-8-6-11/h3-9H,10H2,1-2H3,(H2,17,18,19). The molecule has 0 saturated heterocycles. The maximum atomic E-state index is 11.8. The Morgan fingerprint density at radius 1 is 1.10 bits per heavy atom. The van der Waals surface area contributed by atoms with Crippen molar-refractivity contribution in [3.05, 3.63) is 48.3 Å². The van der Waals surface area contributed by atoms with Crippen LogP contribution in [0.3, 0.4) is 0 Å². The molecule has 0 radical (unpaired) electrons. The van der Waals surface area contributed by atoms with Gasteiger partial charge in [0.1, 0.15) is 0 Å². The van der Waals surface area contributed by atoms with Crippen molar-refractivity contribution in [2.75, 3.05) is 19.5 Å². The Morgan fingerprint density at radius 3 is 2.48 bits per heavy atom. The van der Waals surface area contributed by atoms with Crippen LogP contribution < -0.4 is 20.1 Å². The number of hydrogen-bond donors (Lipinski definition) is 2. The maximum absolute atomic E-state index is 11.8. The van der Waals surface area contributed by atoms with Crippen LogP contribution >= 0.6 is 0 Å². The molecule has 1 aromatic carbocycles. The van der Waals surface area contributed by atoms with Gasteiger partial charge in [-0.3, -0.25) is 4.98 Å². The van der Waals surface area contributed by atoms with E-state index in [0.29, 0.717) is 23.7 Å². The number of urea groups is 1. The van der Waals surface area contributed by atoms with E-state index < -0.39 is 0 Å². The fourth-order valence-corrected chi connectivity index (χ4v) is 1.77. The van der Waals surface area contributed by atoms with E-state index in [2.05, 4.69) is 15.6 Å². The fraction of sp³-hybridized carbons (Fsp3) is 0.200. The van der Waals surface area contributed by atoms with Gasteiger partial charge in [0.25, 0.3) is 0 Å². The number of hydrogen-bond acceptors (Lipinski definition) is 4. The van der Waals surface area contributed by atoms with Gasteiger partial charge in [0.05, 0.1) is 14.2 Å². The van der Waals surface area contributed by atoms with Gasteiger partial charge in [0.2, 0.25) is 0 Å². The zero-order valence-corrected chi connectivity index (χ0v) is 11.9. The van der Waals surface area contributed by atoms with Gasteiger partial charge in [-0.2, -0.15) is 0 Å². The lowest BCUT2D eigenvalue weighted by atomic mass is 10.2. The van der Waals surface area contributed by atoms with Crippen molar-refractivity contribution >= 4 is 11.7 Å². The first-order valence-electron chi connectivity index (χ1n) is 6.38. The molecule has 1 aromatic heterocycles. The molecule has 2 amide bonds. The summed E-state index contributed by atoms with van der Waals surface area (Å²) in [7, 11) is 3.11. The molecule has 0 unspecified atom stereocenters. The highest BCUT2D eigenvalue weighted by Crippen LogP contribution is 2.29. The number of nitrogens with one attached hydrogen (secondary N) is 2. The number of rotatable bonds is 5. The summed E-state index contributed by atoms with van der Waals surface area (Å²) in [5, 5.41) is 5.50. The second kappa shape index (κ2) is 7.14. The zero-order chi connectivity index (χ0) is 15.1. The molecule has 0 aliphatic heterocycles. The molecule has 0 atom stereocenters. The second-order valence-electron chi connectivity index (χ2n) is 4.23. The second-order valence-corrected chi connectivity index (χ2v) is 4.23. The van der Waals surface area contributed by atoms with Crippen LogP contribution in [0.5, 0.6) is 11.5 Å². The summed E-state index contributed by atoms with van der Waals surface area (Å²) in [5.41, 5.74) is 1.60. The van der Waals surface area contributed by atoms with Gasteiger partial charge in [-0.15, -0.1) is 0 Å². The van der Waals surface area contributed by atoms with Crippen LogP contribution in [-0.2, 0) is 6.54 Å². The van der Waals surface area contributed by atoms with Crippen molar-refractivity contribution in [2.24, 2.45) is 0 Å². The zero-order valence-electron chi connectivity index (χ0n) is 11.9. The van der Waals surface area contributed by atoms with Crippen LogP contribution in [0.25, 0.3) is 0 Å².